The Bertz CT molecular complexity index is 828. The molecule has 0 saturated carbocycles. The van der Waals surface area contributed by atoms with Crippen LogP contribution in [0.25, 0.3) is 0 Å². The molecule has 0 spiro atoms. The zero-order chi connectivity index (χ0) is 19.2. The SMILES string of the molecule is CC(C)(C)c1c[c-]no1.O=C(Nc1cc[c-]cc1)c1c(F)cccc1F.[K+]. The maximum Gasteiger partial charge on any atom is 1.00 e. The number of hydrogen-bond donors (Lipinski definition) is 1. The molecule has 1 N–H and O–H groups in total. The van der Waals surface area contributed by atoms with Crippen LogP contribution in [0.5, 0.6) is 0 Å². The maximum atomic E-state index is 13.3. The molecule has 0 fully saturated rings. The van der Waals surface area contributed by atoms with E-state index in [2.05, 4.69) is 43.5 Å². The summed E-state index contributed by atoms with van der Waals surface area (Å²) in [5, 5.41) is 5.89. The van der Waals surface area contributed by atoms with Crippen LogP contribution in [-0.2, 0) is 5.41 Å². The van der Waals surface area contributed by atoms with Gasteiger partial charge in [0.05, 0.1) is 0 Å². The molecule has 1 amide bonds. The van der Waals surface area contributed by atoms with E-state index in [4.69, 9.17) is 4.52 Å². The number of nitrogens with zero attached hydrogens (tertiary/aromatic N) is 1. The van der Waals surface area contributed by atoms with E-state index in [0.29, 0.717) is 5.69 Å². The number of carbonyl (C=O) groups is 1. The Morgan fingerprint density at radius 1 is 1.11 bits per heavy atom. The molecular formula is C20H18F2KN2O2-. The summed E-state index contributed by atoms with van der Waals surface area (Å²) < 4.78 is 31.5. The molecule has 7 heteroatoms. The first-order chi connectivity index (χ1) is 12.3. The van der Waals surface area contributed by atoms with Crippen molar-refractivity contribution in [2.24, 2.45) is 0 Å². The van der Waals surface area contributed by atoms with Gasteiger partial charge in [0, 0.05) is 0 Å². The van der Waals surface area contributed by atoms with Crippen LogP contribution in [-0.4, -0.2) is 11.1 Å². The van der Waals surface area contributed by atoms with Gasteiger partial charge in [0.25, 0.3) is 5.91 Å². The van der Waals surface area contributed by atoms with Gasteiger partial charge in [-0.1, -0.05) is 32.5 Å². The van der Waals surface area contributed by atoms with Gasteiger partial charge in [-0.25, -0.2) is 13.9 Å². The standard InChI is InChI=1S/C13H8F2NO.C7H10NO.K/c14-10-7-4-8-11(15)12(10)13(17)16-9-5-2-1-3-6-9;1-7(2,3)6-4-5-8-9-6;/h2-8H,(H,16,17);4H,1-3H3;/q2*-1;+1. The number of nitrogens with one attached hydrogen (secondary N) is 1. The van der Waals surface area contributed by atoms with Crippen molar-refractivity contribution in [2.75, 3.05) is 5.32 Å². The number of anilines is 1. The van der Waals surface area contributed by atoms with Crippen molar-refractivity contribution in [2.45, 2.75) is 26.2 Å². The molecule has 0 aliphatic rings. The monoisotopic (exact) mass is 395 g/mol. The minimum absolute atomic E-state index is 0. The zero-order valence-electron chi connectivity index (χ0n) is 15.6. The molecule has 1 aromatic heterocycles. The molecule has 0 aliphatic heterocycles. The second kappa shape index (κ2) is 10.8. The minimum Gasteiger partial charge on any atom is -0.470 e. The molecule has 3 aromatic rings. The second-order valence-electron chi connectivity index (χ2n) is 6.41. The largest absolute Gasteiger partial charge is 1.00 e. The predicted molar refractivity (Wildman–Crippen MR) is 93.6 cm³/mol. The van der Waals surface area contributed by atoms with Crippen molar-refractivity contribution in [1.82, 2.24) is 5.16 Å². The van der Waals surface area contributed by atoms with Crippen molar-refractivity contribution in [1.29, 1.82) is 0 Å². The van der Waals surface area contributed by atoms with Gasteiger partial charge in [0.15, 0.2) is 0 Å². The number of aromatic nitrogens is 1. The van der Waals surface area contributed by atoms with E-state index in [1.807, 2.05) is 0 Å². The molecule has 0 saturated heterocycles. The Balaban J connectivity index is 0.000000310. The molecule has 3 rings (SSSR count). The van der Waals surface area contributed by atoms with Crippen molar-refractivity contribution in [3.05, 3.63) is 83.8 Å². The van der Waals surface area contributed by atoms with Crippen LogP contribution >= 0.6 is 0 Å². The van der Waals surface area contributed by atoms with Gasteiger partial charge >= 0.3 is 51.4 Å². The Kier molecular flexibility index (Phi) is 9.48. The third-order valence-corrected chi connectivity index (χ3v) is 3.30. The molecule has 0 unspecified atom stereocenters. The van der Waals surface area contributed by atoms with Crippen LogP contribution < -0.4 is 56.7 Å². The van der Waals surface area contributed by atoms with Crippen molar-refractivity contribution >= 4 is 11.6 Å². The average Bonchev–Trinajstić information content (AvgIpc) is 3.11. The van der Waals surface area contributed by atoms with E-state index in [1.54, 1.807) is 30.3 Å². The van der Waals surface area contributed by atoms with Gasteiger partial charge in [-0.2, -0.15) is 24.3 Å². The number of rotatable bonds is 2. The summed E-state index contributed by atoms with van der Waals surface area (Å²) in [5.41, 5.74) is -0.0655. The molecule has 27 heavy (non-hydrogen) atoms. The minimum atomic E-state index is -0.884. The molecule has 4 nitrogen and oxygen atoms in total. The van der Waals surface area contributed by atoms with E-state index in [1.165, 1.54) is 6.07 Å². The first kappa shape index (κ1) is 23.7. The van der Waals surface area contributed by atoms with E-state index in [0.717, 1.165) is 17.9 Å². The fraction of sp³-hybridized carbons (Fsp3) is 0.200. The van der Waals surface area contributed by atoms with Crippen LogP contribution in [0.1, 0.15) is 36.9 Å². The molecule has 1 heterocycles. The van der Waals surface area contributed by atoms with Crippen LogP contribution in [0, 0.1) is 23.9 Å². The Morgan fingerprint density at radius 2 is 1.70 bits per heavy atom. The summed E-state index contributed by atoms with van der Waals surface area (Å²) in [5.74, 6) is -1.70. The third kappa shape index (κ3) is 7.27. The quantitative estimate of drug-likeness (QED) is 0.532. The van der Waals surface area contributed by atoms with Crippen molar-refractivity contribution in [3.63, 3.8) is 0 Å². The smallest absolute Gasteiger partial charge is 0.470 e. The average molecular weight is 395 g/mol. The van der Waals surface area contributed by atoms with Crippen molar-refractivity contribution in [3.8, 4) is 0 Å². The van der Waals surface area contributed by atoms with Gasteiger partial charge < -0.3 is 9.84 Å². The molecule has 136 valence electrons. The second-order valence-corrected chi connectivity index (χ2v) is 6.41. The number of benzene rings is 2. The topological polar surface area (TPSA) is 55.1 Å². The van der Waals surface area contributed by atoms with Gasteiger partial charge in [-0.3, -0.25) is 4.79 Å². The van der Waals surface area contributed by atoms with Crippen molar-refractivity contribution < 1.29 is 69.5 Å². The molecular weight excluding hydrogens is 377 g/mol. The molecule has 0 aliphatic carbocycles. The summed E-state index contributed by atoms with van der Waals surface area (Å²) in [6.07, 6.45) is 2.62. The van der Waals surface area contributed by atoms with Gasteiger partial charge in [0.1, 0.15) is 17.2 Å². The fourth-order valence-corrected chi connectivity index (χ4v) is 1.92. The van der Waals surface area contributed by atoms with Gasteiger partial charge in [-0.15, -0.1) is 18.3 Å². The zero-order valence-corrected chi connectivity index (χ0v) is 18.8. The molecule has 2 aromatic carbocycles. The summed E-state index contributed by atoms with van der Waals surface area (Å²) in [6.45, 7) is 6.21. The molecule has 0 bridgehead atoms. The number of carbonyl (C=O) groups excluding carboxylic acids is 1. The van der Waals surface area contributed by atoms with Crippen LogP contribution in [0.3, 0.4) is 0 Å². The summed E-state index contributed by atoms with van der Waals surface area (Å²) in [4.78, 5) is 11.7. The van der Waals surface area contributed by atoms with E-state index in [-0.39, 0.29) is 56.8 Å². The van der Waals surface area contributed by atoms with E-state index >= 15 is 0 Å². The van der Waals surface area contributed by atoms with Crippen LogP contribution in [0.15, 0.2) is 53.1 Å². The first-order valence-electron chi connectivity index (χ1n) is 7.84. The Labute approximate surface area is 199 Å². The normalized spacial score (nSPS) is 10.3. The van der Waals surface area contributed by atoms with E-state index < -0.39 is 23.1 Å². The summed E-state index contributed by atoms with van der Waals surface area (Å²) in [7, 11) is 0. The third-order valence-electron chi connectivity index (χ3n) is 3.30. The van der Waals surface area contributed by atoms with Gasteiger partial charge in [0.2, 0.25) is 0 Å². The summed E-state index contributed by atoms with van der Waals surface area (Å²) in [6, 6.07) is 14.2. The number of halogens is 2. The molecule has 0 radical (unpaired) electrons. The number of amides is 1. The number of hydrogen-bond acceptors (Lipinski definition) is 3. The predicted octanol–water partition coefficient (Wildman–Crippen LogP) is 1.79. The Morgan fingerprint density at radius 3 is 2.15 bits per heavy atom. The fourth-order valence-electron chi connectivity index (χ4n) is 1.92. The van der Waals surface area contributed by atoms with Gasteiger partial charge in [-0.05, 0) is 23.3 Å². The first-order valence-corrected chi connectivity index (χ1v) is 7.84. The van der Waals surface area contributed by atoms with Crippen LogP contribution in [0.2, 0.25) is 0 Å². The Hall–Kier alpha value is -1.38. The molecule has 0 atom stereocenters. The van der Waals surface area contributed by atoms with E-state index in [9.17, 15) is 13.6 Å². The maximum absolute atomic E-state index is 13.3. The van der Waals surface area contributed by atoms with Crippen LogP contribution in [0.4, 0.5) is 14.5 Å². The summed E-state index contributed by atoms with van der Waals surface area (Å²) >= 11 is 0.